The van der Waals surface area contributed by atoms with Gasteiger partial charge in [0.1, 0.15) is 0 Å². The molecule has 0 aliphatic heterocycles. The molecule has 14 heavy (non-hydrogen) atoms. The highest BCUT2D eigenvalue weighted by atomic mass is 32.3. The Balaban J connectivity index is 3.46. The molecule has 0 spiro atoms. The molecule has 86 valence electrons. The first kappa shape index (κ1) is 13.8. The summed E-state index contributed by atoms with van der Waals surface area (Å²) < 4.78 is 30.5. The maximum Gasteiger partial charge on any atom is 0.399 e. The summed E-state index contributed by atoms with van der Waals surface area (Å²) in [5.74, 6) is 0. The standard InChI is InChI=1S/C8H18O5S/c1-2-3-4-5-7-12-14(10,11)13-8-6-9/h9H,2-8H2,1H3. The second kappa shape index (κ2) is 8.16. The van der Waals surface area contributed by atoms with Gasteiger partial charge in [0, 0.05) is 0 Å². The molecule has 0 aliphatic rings. The van der Waals surface area contributed by atoms with Crippen molar-refractivity contribution in [2.45, 2.75) is 32.6 Å². The van der Waals surface area contributed by atoms with Gasteiger partial charge in [0.25, 0.3) is 0 Å². The molecule has 1 N–H and O–H groups in total. The van der Waals surface area contributed by atoms with Crippen molar-refractivity contribution in [3.8, 4) is 0 Å². The summed E-state index contributed by atoms with van der Waals surface area (Å²) >= 11 is 0. The van der Waals surface area contributed by atoms with Crippen LogP contribution in [0, 0.1) is 0 Å². The van der Waals surface area contributed by atoms with Crippen LogP contribution in [0.4, 0.5) is 0 Å². The van der Waals surface area contributed by atoms with Crippen molar-refractivity contribution in [1.29, 1.82) is 0 Å². The third-order valence-electron chi connectivity index (χ3n) is 1.54. The van der Waals surface area contributed by atoms with E-state index in [1.54, 1.807) is 0 Å². The third kappa shape index (κ3) is 8.43. The monoisotopic (exact) mass is 226 g/mol. The third-order valence-corrected chi connectivity index (χ3v) is 2.46. The van der Waals surface area contributed by atoms with E-state index in [-0.39, 0.29) is 19.8 Å². The van der Waals surface area contributed by atoms with E-state index in [9.17, 15) is 8.42 Å². The van der Waals surface area contributed by atoms with Gasteiger partial charge in [-0.25, -0.2) is 8.37 Å². The highest BCUT2D eigenvalue weighted by Gasteiger charge is 2.10. The van der Waals surface area contributed by atoms with Crippen LogP contribution in [-0.4, -0.2) is 33.3 Å². The summed E-state index contributed by atoms with van der Waals surface area (Å²) in [5, 5.41) is 8.33. The van der Waals surface area contributed by atoms with Gasteiger partial charge in [0.05, 0.1) is 19.8 Å². The second-order valence-corrected chi connectivity index (χ2v) is 4.12. The first-order valence-electron chi connectivity index (χ1n) is 4.77. The van der Waals surface area contributed by atoms with Gasteiger partial charge < -0.3 is 5.11 Å². The van der Waals surface area contributed by atoms with E-state index in [0.29, 0.717) is 6.42 Å². The number of unbranched alkanes of at least 4 members (excludes halogenated alkanes) is 3. The van der Waals surface area contributed by atoms with E-state index >= 15 is 0 Å². The lowest BCUT2D eigenvalue weighted by Crippen LogP contribution is -2.13. The summed E-state index contributed by atoms with van der Waals surface area (Å²) in [7, 11) is -3.89. The van der Waals surface area contributed by atoms with Gasteiger partial charge in [0.2, 0.25) is 0 Å². The van der Waals surface area contributed by atoms with Gasteiger partial charge >= 0.3 is 10.4 Å². The molecule has 0 aliphatic carbocycles. The molecule has 0 amide bonds. The van der Waals surface area contributed by atoms with Crippen molar-refractivity contribution in [2.24, 2.45) is 0 Å². The molecule has 0 aromatic carbocycles. The van der Waals surface area contributed by atoms with Gasteiger partial charge in [0.15, 0.2) is 0 Å². The minimum Gasteiger partial charge on any atom is -0.394 e. The van der Waals surface area contributed by atoms with E-state index in [1.165, 1.54) is 0 Å². The predicted octanol–water partition coefficient (Wildman–Crippen LogP) is 0.837. The smallest absolute Gasteiger partial charge is 0.394 e. The molecule has 0 aromatic rings. The van der Waals surface area contributed by atoms with Gasteiger partial charge in [-0.3, -0.25) is 0 Å². The van der Waals surface area contributed by atoms with Gasteiger partial charge in [-0.1, -0.05) is 26.2 Å². The fraction of sp³-hybridized carbons (Fsp3) is 1.00. The molecule has 0 radical (unpaired) electrons. The highest BCUT2D eigenvalue weighted by molar-refractivity contribution is 7.81. The summed E-state index contributed by atoms with van der Waals surface area (Å²) in [4.78, 5) is 0. The molecule has 0 heterocycles. The Morgan fingerprint density at radius 1 is 1.07 bits per heavy atom. The van der Waals surface area contributed by atoms with Crippen LogP contribution < -0.4 is 0 Å². The maximum absolute atomic E-state index is 10.9. The van der Waals surface area contributed by atoms with E-state index < -0.39 is 10.4 Å². The molecule has 0 unspecified atom stereocenters. The zero-order valence-electron chi connectivity index (χ0n) is 8.44. The second-order valence-electron chi connectivity index (χ2n) is 2.84. The summed E-state index contributed by atoms with van der Waals surface area (Å²) in [6.07, 6.45) is 3.82. The van der Waals surface area contributed by atoms with Crippen molar-refractivity contribution in [3.05, 3.63) is 0 Å². The van der Waals surface area contributed by atoms with Crippen molar-refractivity contribution in [1.82, 2.24) is 0 Å². The maximum atomic E-state index is 10.9. The molecular weight excluding hydrogens is 208 g/mol. The van der Waals surface area contributed by atoms with E-state index in [4.69, 9.17) is 5.11 Å². The number of rotatable bonds is 9. The number of hydrogen-bond acceptors (Lipinski definition) is 5. The Kier molecular flexibility index (Phi) is 8.07. The lowest BCUT2D eigenvalue weighted by molar-refractivity contribution is 0.167. The molecule has 5 nitrogen and oxygen atoms in total. The number of aliphatic hydroxyl groups excluding tert-OH is 1. The average Bonchev–Trinajstić information content (AvgIpc) is 2.15. The molecule has 6 heteroatoms. The Labute approximate surface area is 85.4 Å². The predicted molar refractivity (Wildman–Crippen MR) is 52.1 cm³/mol. The lowest BCUT2D eigenvalue weighted by atomic mass is 10.2. The average molecular weight is 226 g/mol. The largest absolute Gasteiger partial charge is 0.399 e. The van der Waals surface area contributed by atoms with Crippen molar-refractivity contribution < 1.29 is 21.9 Å². The topological polar surface area (TPSA) is 72.8 Å². The van der Waals surface area contributed by atoms with Crippen LogP contribution in [0.1, 0.15) is 32.6 Å². The van der Waals surface area contributed by atoms with Gasteiger partial charge in [-0.15, -0.1) is 0 Å². The normalized spacial score (nSPS) is 11.9. The van der Waals surface area contributed by atoms with Gasteiger partial charge in [-0.05, 0) is 6.42 Å². The zero-order valence-corrected chi connectivity index (χ0v) is 9.25. The Bertz CT molecular complexity index is 212. The fourth-order valence-electron chi connectivity index (χ4n) is 0.863. The van der Waals surface area contributed by atoms with Crippen molar-refractivity contribution >= 4 is 10.4 Å². The van der Waals surface area contributed by atoms with E-state index in [0.717, 1.165) is 19.3 Å². The van der Waals surface area contributed by atoms with Crippen LogP contribution in [0.15, 0.2) is 0 Å². The molecule has 0 atom stereocenters. The highest BCUT2D eigenvalue weighted by Crippen LogP contribution is 2.02. The molecule has 0 rings (SSSR count). The van der Waals surface area contributed by atoms with Crippen LogP contribution in [0.3, 0.4) is 0 Å². The van der Waals surface area contributed by atoms with Crippen LogP contribution in [-0.2, 0) is 18.8 Å². The fourth-order valence-corrected chi connectivity index (χ4v) is 1.53. The van der Waals surface area contributed by atoms with Gasteiger partial charge in [-0.2, -0.15) is 8.42 Å². The van der Waals surface area contributed by atoms with Crippen LogP contribution in [0.5, 0.6) is 0 Å². The summed E-state index contributed by atoms with van der Waals surface area (Å²) in [6.45, 7) is 1.63. The quantitative estimate of drug-likeness (QED) is 0.590. The van der Waals surface area contributed by atoms with E-state index in [1.807, 2.05) is 0 Å². The number of aliphatic hydroxyl groups is 1. The Morgan fingerprint density at radius 3 is 2.29 bits per heavy atom. The van der Waals surface area contributed by atoms with Crippen molar-refractivity contribution in [3.63, 3.8) is 0 Å². The summed E-state index contributed by atoms with van der Waals surface area (Å²) in [5.41, 5.74) is 0. The number of hydrogen-bond donors (Lipinski definition) is 1. The Hall–Kier alpha value is -0.170. The first-order chi connectivity index (χ1) is 6.62. The molecule has 0 saturated heterocycles. The van der Waals surface area contributed by atoms with Crippen LogP contribution in [0.2, 0.25) is 0 Å². The van der Waals surface area contributed by atoms with Crippen molar-refractivity contribution in [2.75, 3.05) is 19.8 Å². The van der Waals surface area contributed by atoms with Crippen LogP contribution >= 0.6 is 0 Å². The lowest BCUT2D eigenvalue weighted by Gasteiger charge is -2.04. The first-order valence-corrected chi connectivity index (χ1v) is 6.10. The molecule has 0 fully saturated rings. The molecular formula is C8H18O5S. The van der Waals surface area contributed by atoms with Crippen LogP contribution in [0.25, 0.3) is 0 Å². The zero-order chi connectivity index (χ0) is 10.9. The Morgan fingerprint density at radius 2 is 1.71 bits per heavy atom. The summed E-state index contributed by atoms with van der Waals surface area (Å²) in [6, 6.07) is 0. The molecule has 0 bridgehead atoms. The SMILES string of the molecule is CCCCCCOS(=O)(=O)OCCO. The van der Waals surface area contributed by atoms with E-state index in [2.05, 4.69) is 15.3 Å². The molecule has 0 aromatic heterocycles. The minimum atomic E-state index is -3.89. The minimum absolute atomic E-state index is 0.147. The molecule has 0 saturated carbocycles.